The molecular weight excluding hydrogens is 160 g/mol. The van der Waals surface area contributed by atoms with Crippen molar-refractivity contribution in [3.63, 3.8) is 0 Å². The van der Waals surface area contributed by atoms with Gasteiger partial charge in [0.2, 0.25) is 0 Å². The van der Waals surface area contributed by atoms with Crippen molar-refractivity contribution < 1.29 is 4.79 Å². The summed E-state index contributed by atoms with van der Waals surface area (Å²) in [7, 11) is 0. The Morgan fingerprint density at radius 3 is 2.85 bits per heavy atom. The minimum Gasteiger partial charge on any atom is -0.303 e. The molecule has 1 nitrogen and oxygen atoms in total. The van der Waals surface area contributed by atoms with E-state index in [4.69, 9.17) is 0 Å². The van der Waals surface area contributed by atoms with Gasteiger partial charge < -0.3 is 4.79 Å². The Morgan fingerprint density at radius 2 is 2.31 bits per heavy atom. The molecule has 0 aromatic carbocycles. The largest absolute Gasteiger partial charge is 0.303 e. The van der Waals surface area contributed by atoms with Gasteiger partial charge in [0.1, 0.15) is 6.29 Å². The van der Waals surface area contributed by atoms with Crippen molar-refractivity contribution in [3.05, 3.63) is 11.6 Å². The number of carbonyl (C=O) groups excluding carboxylic acids is 1. The Bertz CT molecular complexity index is 203. The third-order valence-corrected chi connectivity index (χ3v) is 3.18. The second-order valence-electron chi connectivity index (χ2n) is 4.56. The Labute approximate surface area is 81.2 Å². The summed E-state index contributed by atoms with van der Waals surface area (Å²) in [6.07, 6.45) is 6.46. The molecule has 13 heavy (non-hydrogen) atoms. The number of rotatable bonds is 3. The molecule has 0 spiro atoms. The Hall–Kier alpha value is -0.590. The molecule has 0 N–H and O–H groups in total. The maximum absolute atomic E-state index is 10.5. The van der Waals surface area contributed by atoms with Crippen LogP contribution >= 0.6 is 0 Å². The fourth-order valence-electron chi connectivity index (χ4n) is 2.38. The SMILES string of the molecule is CC1=CCC(C(C)C)[C@@H](CC=O)C1. The molecule has 0 saturated carbocycles. The third-order valence-electron chi connectivity index (χ3n) is 3.18. The smallest absolute Gasteiger partial charge is 0.120 e. The van der Waals surface area contributed by atoms with Gasteiger partial charge in [0.25, 0.3) is 0 Å². The van der Waals surface area contributed by atoms with E-state index < -0.39 is 0 Å². The highest BCUT2D eigenvalue weighted by Gasteiger charge is 2.26. The Morgan fingerprint density at radius 1 is 1.62 bits per heavy atom. The van der Waals surface area contributed by atoms with Crippen LogP contribution in [-0.4, -0.2) is 6.29 Å². The highest BCUT2D eigenvalue weighted by atomic mass is 16.1. The number of allylic oxidation sites excluding steroid dienone is 2. The van der Waals surface area contributed by atoms with E-state index in [2.05, 4.69) is 26.8 Å². The van der Waals surface area contributed by atoms with Crippen LogP contribution in [-0.2, 0) is 4.79 Å². The van der Waals surface area contributed by atoms with Gasteiger partial charge in [0.05, 0.1) is 0 Å². The van der Waals surface area contributed by atoms with Gasteiger partial charge in [-0.15, -0.1) is 0 Å². The molecule has 0 saturated heterocycles. The first-order valence-electron chi connectivity index (χ1n) is 5.24. The summed E-state index contributed by atoms with van der Waals surface area (Å²) in [5.74, 6) is 2.02. The molecule has 0 bridgehead atoms. The lowest BCUT2D eigenvalue weighted by Crippen LogP contribution is -2.23. The standard InChI is InChI=1S/C12H20O/c1-9(2)12-5-4-10(3)8-11(12)6-7-13/h4,7,9,11-12H,5-6,8H2,1-3H3/t11-,12?/m0/s1. The summed E-state index contributed by atoms with van der Waals surface area (Å²) in [6, 6.07) is 0. The van der Waals surface area contributed by atoms with Gasteiger partial charge in [0, 0.05) is 6.42 Å². The van der Waals surface area contributed by atoms with E-state index in [0.29, 0.717) is 17.8 Å². The summed E-state index contributed by atoms with van der Waals surface area (Å²) in [5.41, 5.74) is 1.46. The minimum atomic E-state index is 0.600. The normalized spacial score (nSPS) is 28.8. The fourth-order valence-corrected chi connectivity index (χ4v) is 2.38. The van der Waals surface area contributed by atoms with E-state index in [1.807, 2.05) is 0 Å². The number of carbonyl (C=O) groups is 1. The van der Waals surface area contributed by atoms with Crippen molar-refractivity contribution in [3.8, 4) is 0 Å². The van der Waals surface area contributed by atoms with Gasteiger partial charge in [-0.3, -0.25) is 0 Å². The van der Waals surface area contributed by atoms with Gasteiger partial charge in [-0.05, 0) is 37.5 Å². The molecule has 0 amide bonds. The van der Waals surface area contributed by atoms with Crippen molar-refractivity contribution in [2.75, 3.05) is 0 Å². The number of hydrogen-bond acceptors (Lipinski definition) is 1. The highest BCUT2D eigenvalue weighted by molar-refractivity contribution is 5.50. The molecule has 1 heteroatoms. The van der Waals surface area contributed by atoms with Crippen LogP contribution in [0.3, 0.4) is 0 Å². The molecule has 0 heterocycles. The van der Waals surface area contributed by atoms with E-state index in [9.17, 15) is 4.79 Å². The summed E-state index contributed by atoms with van der Waals surface area (Å²) in [6.45, 7) is 6.70. The van der Waals surface area contributed by atoms with Crippen molar-refractivity contribution >= 4 is 6.29 Å². The summed E-state index contributed by atoms with van der Waals surface area (Å²) in [5, 5.41) is 0. The quantitative estimate of drug-likeness (QED) is 0.481. The summed E-state index contributed by atoms with van der Waals surface area (Å²) in [4.78, 5) is 10.5. The number of aldehydes is 1. The maximum atomic E-state index is 10.5. The topological polar surface area (TPSA) is 17.1 Å². The van der Waals surface area contributed by atoms with Crippen molar-refractivity contribution in [1.82, 2.24) is 0 Å². The first-order chi connectivity index (χ1) is 6.15. The maximum Gasteiger partial charge on any atom is 0.120 e. The van der Waals surface area contributed by atoms with E-state index in [-0.39, 0.29) is 0 Å². The lowest BCUT2D eigenvalue weighted by molar-refractivity contribution is -0.109. The summed E-state index contributed by atoms with van der Waals surface area (Å²) >= 11 is 0. The molecule has 1 rings (SSSR count). The predicted octanol–water partition coefficient (Wildman–Crippen LogP) is 3.20. The molecule has 0 aromatic heterocycles. The van der Waals surface area contributed by atoms with Crippen LogP contribution in [0.2, 0.25) is 0 Å². The predicted molar refractivity (Wildman–Crippen MR) is 55.5 cm³/mol. The fraction of sp³-hybridized carbons (Fsp3) is 0.750. The van der Waals surface area contributed by atoms with Crippen LogP contribution in [0.5, 0.6) is 0 Å². The minimum absolute atomic E-state index is 0.600. The van der Waals surface area contributed by atoms with E-state index in [1.54, 1.807) is 0 Å². The zero-order chi connectivity index (χ0) is 9.84. The van der Waals surface area contributed by atoms with Crippen LogP contribution in [0.4, 0.5) is 0 Å². The highest BCUT2D eigenvalue weighted by Crippen LogP contribution is 2.35. The Balaban J connectivity index is 2.65. The molecule has 74 valence electrons. The zero-order valence-corrected chi connectivity index (χ0v) is 8.92. The Kier molecular flexibility index (Phi) is 3.71. The molecule has 0 aromatic rings. The first kappa shape index (κ1) is 10.5. The molecule has 2 atom stereocenters. The molecule has 1 aliphatic carbocycles. The van der Waals surface area contributed by atoms with Crippen molar-refractivity contribution in [2.45, 2.75) is 40.0 Å². The molecule has 1 aliphatic rings. The third kappa shape index (κ3) is 2.68. The van der Waals surface area contributed by atoms with E-state index >= 15 is 0 Å². The van der Waals surface area contributed by atoms with Crippen molar-refractivity contribution in [2.24, 2.45) is 17.8 Å². The second-order valence-corrected chi connectivity index (χ2v) is 4.56. The van der Waals surface area contributed by atoms with Crippen LogP contribution in [0.25, 0.3) is 0 Å². The van der Waals surface area contributed by atoms with Crippen LogP contribution in [0.1, 0.15) is 40.0 Å². The average Bonchev–Trinajstić information content (AvgIpc) is 2.04. The van der Waals surface area contributed by atoms with Gasteiger partial charge in [-0.1, -0.05) is 25.5 Å². The number of hydrogen-bond donors (Lipinski definition) is 0. The first-order valence-corrected chi connectivity index (χ1v) is 5.24. The van der Waals surface area contributed by atoms with E-state index in [1.165, 1.54) is 12.0 Å². The lowest BCUT2D eigenvalue weighted by atomic mass is 9.73. The van der Waals surface area contributed by atoms with Crippen LogP contribution in [0, 0.1) is 17.8 Å². The zero-order valence-electron chi connectivity index (χ0n) is 8.92. The summed E-state index contributed by atoms with van der Waals surface area (Å²) < 4.78 is 0. The van der Waals surface area contributed by atoms with Gasteiger partial charge in [-0.25, -0.2) is 0 Å². The van der Waals surface area contributed by atoms with Gasteiger partial charge in [0.15, 0.2) is 0 Å². The molecular formula is C12H20O. The van der Waals surface area contributed by atoms with Gasteiger partial charge in [-0.2, -0.15) is 0 Å². The molecule has 0 fully saturated rings. The van der Waals surface area contributed by atoms with Crippen LogP contribution < -0.4 is 0 Å². The van der Waals surface area contributed by atoms with E-state index in [0.717, 1.165) is 19.1 Å². The monoisotopic (exact) mass is 180 g/mol. The lowest BCUT2D eigenvalue weighted by Gasteiger charge is -2.32. The molecule has 0 aliphatic heterocycles. The van der Waals surface area contributed by atoms with Crippen molar-refractivity contribution in [1.29, 1.82) is 0 Å². The molecule has 1 unspecified atom stereocenters. The molecule has 0 radical (unpaired) electrons. The average molecular weight is 180 g/mol. The van der Waals surface area contributed by atoms with Gasteiger partial charge >= 0.3 is 0 Å². The van der Waals surface area contributed by atoms with Crippen LogP contribution in [0.15, 0.2) is 11.6 Å². The second kappa shape index (κ2) is 4.59.